The Bertz CT molecular complexity index is 604. The number of thioether (sulfide) groups is 1. The number of rotatable bonds is 3. The Morgan fingerprint density at radius 2 is 2.15 bits per heavy atom. The fourth-order valence-electron chi connectivity index (χ4n) is 2.15. The minimum Gasteiger partial charge on any atom is -0.207 e. The van der Waals surface area contributed by atoms with Crippen LogP contribution in [0.2, 0.25) is 0 Å². The molecule has 0 aliphatic carbocycles. The SMILES string of the molecule is CC1(C)CN(S(=O)(=O)c2cc(CCl)ccc2Br)CCS1. The molecule has 0 N–H and O–H groups in total. The van der Waals surface area contributed by atoms with Gasteiger partial charge in [-0.15, -0.1) is 11.6 Å². The molecule has 3 nitrogen and oxygen atoms in total. The summed E-state index contributed by atoms with van der Waals surface area (Å²) in [6.07, 6.45) is 0. The van der Waals surface area contributed by atoms with Crippen molar-refractivity contribution in [1.82, 2.24) is 4.31 Å². The van der Waals surface area contributed by atoms with Gasteiger partial charge in [-0.1, -0.05) is 6.07 Å². The quantitative estimate of drug-likeness (QED) is 0.729. The van der Waals surface area contributed by atoms with E-state index >= 15 is 0 Å². The molecule has 0 saturated carbocycles. The van der Waals surface area contributed by atoms with E-state index in [1.807, 2.05) is 17.8 Å². The van der Waals surface area contributed by atoms with Crippen molar-refractivity contribution in [3.8, 4) is 0 Å². The molecule has 1 aliphatic heterocycles. The van der Waals surface area contributed by atoms with Crippen molar-refractivity contribution >= 4 is 49.3 Å². The second-order valence-corrected chi connectivity index (χ2v) is 10.2. The Kier molecular flexibility index (Phi) is 5.12. The topological polar surface area (TPSA) is 37.4 Å². The molecule has 1 aromatic rings. The summed E-state index contributed by atoms with van der Waals surface area (Å²) in [6, 6.07) is 5.22. The van der Waals surface area contributed by atoms with Crippen molar-refractivity contribution in [2.24, 2.45) is 0 Å². The zero-order valence-electron chi connectivity index (χ0n) is 11.4. The van der Waals surface area contributed by atoms with Crippen LogP contribution in [0.4, 0.5) is 0 Å². The first-order valence-corrected chi connectivity index (χ1v) is 10.00. The highest BCUT2D eigenvalue weighted by molar-refractivity contribution is 9.10. The van der Waals surface area contributed by atoms with Crippen LogP contribution >= 0.6 is 39.3 Å². The molecule has 0 amide bonds. The van der Waals surface area contributed by atoms with E-state index in [1.54, 1.807) is 16.4 Å². The summed E-state index contributed by atoms with van der Waals surface area (Å²) in [7, 11) is -3.48. The summed E-state index contributed by atoms with van der Waals surface area (Å²) in [6.45, 7) is 5.22. The Labute approximate surface area is 138 Å². The van der Waals surface area contributed by atoms with Gasteiger partial charge in [0.2, 0.25) is 10.0 Å². The highest BCUT2D eigenvalue weighted by Gasteiger charge is 2.35. The molecule has 112 valence electrons. The zero-order chi connectivity index (χ0) is 15.0. The molecule has 2 rings (SSSR count). The molecule has 0 spiro atoms. The fourth-order valence-corrected chi connectivity index (χ4v) is 6.20. The van der Waals surface area contributed by atoms with Crippen LogP contribution in [0.15, 0.2) is 27.6 Å². The number of hydrogen-bond donors (Lipinski definition) is 0. The Hall–Kier alpha value is 0.250. The summed E-state index contributed by atoms with van der Waals surface area (Å²) in [5, 5.41) is 0. The maximum absolute atomic E-state index is 12.8. The molecular formula is C13H17BrClNO2S2. The van der Waals surface area contributed by atoms with Crippen LogP contribution in [-0.4, -0.2) is 36.3 Å². The van der Waals surface area contributed by atoms with Gasteiger partial charge in [-0.3, -0.25) is 0 Å². The second kappa shape index (κ2) is 6.16. The molecule has 0 aromatic heterocycles. The summed E-state index contributed by atoms with van der Waals surface area (Å²) in [5.74, 6) is 1.12. The van der Waals surface area contributed by atoms with Gasteiger partial charge < -0.3 is 0 Å². The van der Waals surface area contributed by atoms with E-state index in [-0.39, 0.29) is 4.75 Å². The van der Waals surface area contributed by atoms with Gasteiger partial charge in [0.1, 0.15) is 0 Å². The van der Waals surface area contributed by atoms with E-state index in [0.717, 1.165) is 11.3 Å². The predicted molar refractivity (Wildman–Crippen MR) is 89.0 cm³/mol. The van der Waals surface area contributed by atoms with Crippen molar-refractivity contribution in [2.75, 3.05) is 18.8 Å². The highest BCUT2D eigenvalue weighted by Crippen LogP contribution is 2.34. The average Bonchev–Trinajstić information content (AvgIpc) is 2.38. The number of benzene rings is 1. The smallest absolute Gasteiger partial charge is 0.207 e. The monoisotopic (exact) mass is 397 g/mol. The van der Waals surface area contributed by atoms with Crippen molar-refractivity contribution in [1.29, 1.82) is 0 Å². The summed E-state index contributed by atoms with van der Waals surface area (Å²) in [5.41, 5.74) is 0.805. The van der Waals surface area contributed by atoms with Gasteiger partial charge in [-0.05, 0) is 47.5 Å². The minimum absolute atomic E-state index is 0.0537. The molecule has 1 saturated heterocycles. The second-order valence-electron chi connectivity index (χ2n) is 5.35. The highest BCUT2D eigenvalue weighted by atomic mass is 79.9. The van der Waals surface area contributed by atoms with E-state index in [2.05, 4.69) is 29.8 Å². The number of hydrogen-bond acceptors (Lipinski definition) is 3. The van der Waals surface area contributed by atoms with Gasteiger partial charge in [0.05, 0.1) is 4.90 Å². The molecule has 0 atom stereocenters. The number of halogens is 2. The van der Waals surface area contributed by atoms with Gasteiger partial charge in [-0.2, -0.15) is 16.1 Å². The first-order chi connectivity index (χ1) is 9.26. The summed E-state index contributed by atoms with van der Waals surface area (Å²) < 4.78 is 27.7. The van der Waals surface area contributed by atoms with Crippen LogP contribution in [0.3, 0.4) is 0 Å². The molecule has 1 aliphatic rings. The van der Waals surface area contributed by atoms with E-state index in [9.17, 15) is 8.42 Å². The lowest BCUT2D eigenvalue weighted by Crippen LogP contribution is -2.46. The Morgan fingerprint density at radius 1 is 1.45 bits per heavy atom. The van der Waals surface area contributed by atoms with Crippen LogP contribution in [0, 0.1) is 0 Å². The maximum atomic E-state index is 12.8. The van der Waals surface area contributed by atoms with Crippen LogP contribution in [0.25, 0.3) is 0 Å². The third kappa shape index (κ3) is 3.53. The molecule has 1 aromatic carbocycles. The third-order valence-electron chi connectivity index (χ3n) is 3.16. The van der Waals surface area contributed by atoms with Crippen LogP contribution < -0.4 is 0 Å². The van der Waals surface area contributed by atoms with Gasteiger partial charge in [0.25, 0.3) is 0 Å². The lowest BCUT2D eigenvalue weighted by Gasteiger charge is -2.36. The van der Waals surface area contributed by atoms with Crippen LogP contribution in [0.5, 0.6) is 0 Å². The van der Waals surface area contributed by atoms with Gasteiger partial charge in [0.15, 0.2) is 0 Å². The van der Waals surface area contributed by atoms with Crippen LogP contribution in [0.1, 0.15) is 19.4 Å². The van der Waals surface area contributed by atoms with Gasteiger partial charge in [-0.25, -0.2) is 8.42 Å². The minimum atomic E-state index is -3.48. The van der Waals surface area contributed by atoms with E-state index in [1.165, 1.54) is 0 Å². The first-order valence-electron chi connectivity index (χ1n) is 6.25. The maximum Gasteiger partial charge on any atom is 0.244 e. The number of sulfonamides is 1. The van der Waals surface area contributed by atoms with E-state index in [0.29, 0.717) is 28.3 Å². The molecule has 1 heterocycles. The fraction of sp³-hybridized carbons (Fsp3) is 0.538. The summed E-state index contributed by atoms with van der Waals surface area (Å²) in [4.78, 5) is 0.304. The largest absolute Gasteiger partial charge is 0.244 e. The molecule has 20 heavy (non-hydrogen) atoms. The summed E-state index contributed by atoms with van der Waals surface area (Å²) >= 11 is 11.0. The Balaban J connectivity index is 2.40. The van der Waals surface area contributed by atoms with Crippen molar-refractivity contribution in [3.05, 3.63) is 28.2 Å². The van der Waals surface area contributed by atoms with Crippen LogP contribution in [-0.2, 0) is 15.9 Å². The zero-order valence-corrected chi connectivity index (χ0v) is 15.4. The number of alkyl halides is 1. The Morgan fingerprint density at radius 3 is 2.75 bits per heavy atom. The lowest BCUT2D eigenvalue weighted by atomic mass is 10.2. The van der Waals surface area contributed by atoms with Crippen molar-refractivity contribution in [3.63, 3.8) is 0 Å². The normalized spacial score (nSPS) is 20.0. The molecule has 0 bridgehead atoms. The first kappa shape index (κ1) is 16.6. The molecular weight excluding hydrogens is 382 g/mol. The van der Waals surface area contributed by atoms with Gasteiger partial charge in [0, 0.05) is 33.9 Å². The molecule has 7 heteroatoms. The number of nitrogens with zero attached hydrogens (tertiary/aromatic N) is 1. The van der Waals surface area contributed by atoms with Gasteiger partial charge >= 0.3 is 0 Å². The van der Waals surface area contributed by atoms with E-state index < -0.39 is 10.0 Å². The third-order valence-corrected chi connectivity index (χ3v) is 7.60. The lowest BCUT2D eigenvalue weighted by molar-refractivity contribution is 0.387. The molecule has 0 radical (unpaired) electrons. The predicted octanol–water partition coefficient (Wildman–Crippen LogP) is 3.70. The average molecular weight is 399 g/mol. The van der Waals surface area contributed by atoms with E-state index in [4.69, 9.17) is 11.6 Å². The van der Waals surface area contributed by atoms with Crippen molar-refractivity contribution in [2.45, 2.75) is 29.4 Å². The molecule has 0 unspecified atom stereocenters. The standard InChI is InChI=1S/C13H17BrClNO2S2/c1-13(2)9-16(5-6-19-13)20(17,18)12-7-10(8-15)3-4-11(12)14/h3-4,7H,5-6,8-9H2,1-2H3. The van der Waals surface area contributed by atoms with Crippen molar-refractivity contribution < 1.29 is 8.42 Å². The molecule has 1 fully saturated rings.